The Labute approximate surface area is 107 Å². The van der Waals surface area contributed by atoms with Crippen LogP contribution in [0.25, 0.3) is 0 Å². The maximum Gasteiger partial charge on any atom is 0.416 e. The van der Waals surface area contributed by atoms with Gasteiger partial charge in [0.1, 0.15) is 0 Å². The molecule has 2 aliphatic heterocycles. The van der Waals surface area contributed by atoms with Gasteiger partial charge in [-0.1, -0.05) is 18.2 Å². The van der Waals surface area contributed by atoms with E-state index in [2.05, 4.69) is 0 Å². The van der Waals surface area contributed by atoms with Crippen LogP contribution in [-0.2, 0) is 21.1 Å². The van der Waals surface area contributed by atoms with Crippen molar-refractivity contribution in [2.75, 3.05) is 6.61 Å². The third kappa shape index (κ3) is 1.59. The molecule has 2 saturated heterocycles. The SMILES string of the molecule is O=C(O)[C@@H]1[C@H]2C[C@]1(c1ccccc1C(F)(F)F)CO2. The van der Waals surface area contributed by atoms with Crippen LogP contribution in [0.3, 0.4) is 0 Å². The van der Waals surface area contributed by atoms with Gasteiger partial charge in [-0.25, -0.2) is 0 Å². The van der Waals surface area contributed by atoms with Gasteiger partial charge >= 0.3 is 12.1 Å². The van der Waals surface area contributed by atoms with Crippen molar-refractivity contribution in [2.45, 2.75) is 24.1 Å². The second kappa shape index (κ2) is 3.72. The van der Waals surface area contributed by atoms with Gasteiger partial charge in [0.05, 0.1) is 24.2 Å². The minimum Gasteiger partial charge on any atom is -0.481 e. The number of carboxylic acids is 1. The zero-order chi connectivity index (χ0) is 13.8. The highest BCUT2D eigenvalue weighted by atomic mass is 19.4. The summed E-state index contributed by atoms with van der Waals surface area (Å²) in [5.74, 6) is -1.97. The van der Waals surface area contributed by atoms with Crippen molar-refractivity contribution in [1.82, 2.24) is 0 Å². The number of benzene rings is 1. The normalized spacial score (nSPS) is 33.0. The molecule has 1 N–H and O–H groups in total. The van der Waals surface area contributed by atoms with E-state index in [1.807, 2.05) is 0 Å². The number of alkyl halides is 3. The van der Waals surface area contributed by atoms with E-state index in [4.69, 9.17) is 4.74 Å². The molecule has 0 unspecified atom stereocenters. The molecule has 3 fully saturated rings. The van der Waals surface area contributed by atoms with E-state index >= 15 is 0 Å². The predicted molar refractivity (Wildman–Crippen MR) is 58.6 cm³/mol. The van der Waals surface area contributed by atoms with Crippen molar-refractivity contribution in [2.24, 2.45) is 5.92 Å². The highest BCUT2D eigenvalue weighted by Crippen LogP contribution is 2.58. The molecular formula is C13H11F3O3. The molecule has 19 heavy (non-hydrogen) atoms. The van der Waals surface area contributed by atoms with E-state index in [0.29, 0.717) is 6.42 Å². The fourth-order valence-electron chi connectivity index (χ4n) is 3.27. The van der Waals surface area contributed by atoms with Crippen molar-refractivity contribution in [3.05, 3.63) is 35.4 Å². The van der Waals surface area contributed by atoms with Crippen LogP contribution in [0, 0.1) is 5.92 Å². The van der Waals surface area contributed by atoms with Crippen LogP contribution in [0.1, 0.15) is 17.5 Å². The molecule has 3 aliphatic rings. The number of hydrogen-bond donors (Lipinski definition) is 1. The van der Waals surface area contributed by atoms with Gasteiger partial charge < -0.3 is 9.84 Å². The molecular weight excluding hydrogens is 261 g/mol. The van der Waals surface area contributed by atoms with E-state index in [0.717, 1.165) is 6.07 Å². The van der Waals surface area contributed by atoms with Crippen LogP contribution in [0.2, 0.25) is 0 Å². The molecule has 0 aromatic heterocycles. The Morgan fingerprint density at radius 2 is 2.05 bits per heavy atom. The Bertz CT molecular complexity index is 536. The smallest absolute Gasteiger partial charge is 0.416 e. The van der Waals surface area contributed by atoms with Crippen molar-refractivity contribution >= 4 is 5.97 Å². The van der Waals surface area contributed by atoms with Crippen LogP contribution in [0.15, 0.2) is 24.3 Å². The lowest BCUT2D eigenvalue weighted by molar-refractivity contribution is -0.152. The molecule has 0 radical (unpaired) electrons. The number of hydrogen-bond acceptors (Lipinski definition) is 2. The zero-order valence-electron chi connectivity index (χ0n) is 9.78. The summed E-state index contributed by atoms with van der Waals surface area (Å²) in [6.07, 6.45) is -4.60. The highest BCUT2D eigenvalue weighted by Gasteiger charge is 2.66. The quantitative estimate of drug-likeness (QED) is 0.899. The summed E-state index contributed by atoms with van der Waals surface area (Å²) >= 11 is 0. The number of rotatable bonds is 2. The number of halogens is 3. The second-order valence-corrected chi connectivity index (χ2v) is 5.07. The summed E-state index contributed by atoms with van der Waals surface area (Å²) in [7, 11) is 0. The molecule has 3 atom stereocenters. The number of aliphatic carboxylic acids is 1. The fraction of sp³-hybridized carbons (Fsp3) is 0.462. The van der Waals surface area contributed by atoms with Crippen LogP contribution < -0.4 is 0 Å². The molecule has 1 aromatic carbocycles. The minimum absolute atomic E-state index is 0.0434. The zero-order valence-corrected chi connectivity index (χ0v) is 9.78. The van der Waals surface area contributed by atoms with E-state index in [1.165, 1.54) is 18.2 Å². The van der Waals surface area contributed by atoms with Gasteiger partial charge in [0.2, 0.25) is 0 Å². The minimum atomic E-state index is -4.48. The van der Waals surface area contributed by atoms with Crippen LogP contribution >= 0.6 is 0 Å². The largest absolute Gasteiger partial charge is 0.481 e. The first-order valence-electron chi connectivity index (χ1n) is 5.87. The molecule has 1 aromatic rings. The van der Waals surface area contributed by atoms with E-state index in [1.54, 1.807) is 0 Å². The Kier molecular flexibility index (Phi) is 2.44. The molecule has 4 rings (SSSR count). The Morgan fingerprint density at radius 3 is 2.63 bits per heavy atom. The van der Waals surface area contributed by atoms with Crippen molar-refractivity contribution in [1.29, 1.82) is 0 Å². The summed E-state index contributed by atoms with van der Waals surface area (Å²) in [5, 5.41) is 9.17. The lowest BCUT2D eigenvalue weighted by atomic mass is 9.57. The van der Waals surface area contributed by atoms with E-state index in [9.17, 15) is 23.1 Å². The summed E-state index contributed by atoms with van der Waals surface area (Å²) in [6, 6.07) is 5.17. The van der Waals surface area contributed by atoms with Gasteiger partial charge in [0.25, 0.3) is 0 Å². The van der Waals surface area contributed by atoms with E-state index < -0.39 is 35.1 Å². The molecule has 1 aliphatic carbocycles. The molecule has 2 heterocycles. The van der Waals surface area contributed by atoms with Gasteiger partial charge in [-0.05, 0) is 18.1 Å². The molecule has 102 valence electrons. The summed E-state index contributed by atoms with van der Waals surface area (Å²) in [6.45, 7) is 0.0434. The first kappa shape index (κ1) is 12.5. The molecule has 1 saturated carbocycles. The summed E-state index contributed by atoms with van der Waals surface area (Å²) < 4.78 is 44.4. The first-order valence-corrected chi connectivity index (χ1v) is 5.87. The van der Waals surface area contributed by atoms with Crippen LogP contribution in [-0.4, -0.2) is 23.8 Å². The lowest BCUT2D eigenvalue weighted by Gasteiger charge is -2.43. The predicted octanol–water partition coefficient (Wildman–Crippen LogP) is 2.45. The van der Waals surface area contributed by atoms with Gasteiger partial charge in [-0.3, -0.25) is 4.79 Å². The van der Waals surface area contributed by atoms with E-state index in [-0.39, 0.29) is 12.2 Å². The number of carboxylic acid groups (broad SMARTS) is 1. The van der Waals surface area contributed by atoms with Gasteiger partial charge in [0, 0.05) is 5.41 Å². The standard InChI is InChI=1S/C13H11F3O3/c14-13(15,16)8-4-2-1-3-7(8)12-5-9(19-6-12)10(12)11(17)18/h1-4,9-10H,5-6H2,(H,17,18)/t9-,10+,12-/m1/s1. The number of carbonyl (C=O) groups is 1. The third-order valence-electron chi connectivity index (χ3n) is 4.12. The number of fused-ring (bicyclic) bond motifs is 1. The van der Waals surface area contributed by atoms with Gasteiger partial charge in [-0.15, -0.1) is 0 Å². The molecule has 2 bridgehead atoms. The monoisotopic (exact) mass is 272 g/mol. The topological polar surface area (TPSA) is 46.5 Å². The maximum atomic E-state index is 13.0. The van der Waals surface area contributed by atoms with Crippen molar-refractivity contribution in [3.63, 3.8) is 0 Å². The number of ether oxygens (including phenoxy) is 1. The van der Waals surface area contributed by atoms with Crippen LogP contribution in [0.4, 0.5) is 13.2 Å². The Morgan fingerprint density at radius 1 is 1.37 bits per heavy atom. The molecule has 3 nitrogen and oxygen atoms in total. The van der Waals surface area contributed by atoms with Gasteiger partial charge in [0.15, 0.2) is 0 Å². The Hall–Kier alpha value is -1.56. The second-order valence-electron chi connectivity index (χ2n) is 5.07. The third-order valence-corrected chi connectivity index (χ3v) is 4.12. The Balaban J connectivity index is 2.11. The van der Waals surface area contributed by atoms with Crippen molar-refractivity contribution < 1.29 is 27.8 Å². The molecule has 0 spiro atoms. The first-order chi connectivity index (χ1) is 8.86. The lowest BCUT2D eigenvalue weighted by Crippen LogP contribution is -2.53. The van der Waals surface area contributed by atoms with Crippen LogP contribution in [0.5, 0.6) is 0 Å². The highest BCUT2D eigenvalue weighted by molar-refractivity contribution is 5.76. The molecule has 0 amide bonds. The average molecular weight is 272 g/mol. The van der Waals surface area contributed by atoms with Gasteiger partial charge in [-0.2, -0.15) is 13.2 Å². The summed E-state index contributed by atoms with van der Waals surface area (Å²) in [5.41, 5.74) is -1.74. The summed E-state index contributed by atoms with van der Waals surface area (Å²) in [4.78, 5) is 11.2. The average Bonchev–Trinajstić information content (AvgIpc) is 2.86. The fourth-order valence-corrected chi connectivity index (χ4v) is 3.27. The molecule has 6 heteroatoms. The van der Waals surface area contributed by atoms with Crippen molar-refractivity contribution in [3.8, 4) is 0 Å². The maximum absolute atomic E-state index is 13.0.